The molecule has 3 aromatic carbocycles. The van der Waals surface area contributed by atoms with Crippen LogP contribution in [0.2, 0.25) is 0 Å². The minimum absolute atomic E-state index is 0.219. The summed E-state index contributed by atoms with van der Waals surface area (Å²) in [5.41, 5.74) is 3.74. The molecule has 0 radical (unpaired) electrons. The van der Waals surface area contributed by atoms with E-state index in [1.54, 1.807) is 0 Å². The molecular formula is C18H11BrO2. The molecule has 0 spiro atoms. The van der Waals surface area contributed by atoms with Crippen molar-refractivity contribution in [2.45, 2.75) is 0 Å². The number of halogens is 1. The van der Waals surface area contributed by atoms with Gasteiger partial charge in [-0.05, 0) is 27.1 Å². The van der Waals surface area contributed by atoms with Gasteiger partial charge in [0.2, 0.25) is 0 Å². The molecule has 0 fully saturated rings. The predicted octanol–water partition coefficient (Wildman–Crippen LogP) is 5.59. The van der Waals surface area contributed by atoms with Crippen LogP contribution in [0.5, 0.6) is 17.2 Å². The second-order valence-electron chi connectivity index (χ2n) is 4.90. The number of ether oxygens (including phenoxy) is 1. The third-order valence-electron chi connectivity index (χ3n) is 3.61. The minimum atomic E-state index is 0.219. The van der Waals surface area contributed by atoms with E-state index in [9.17, 15) is 5.11 Å². The van der Waals surface area contributed by atoms with Crippen LogP contribution in [0.3, 0.4) is 0 Å². The Balaban J connectivity index is 2.06. The van der Waals surface area contributed by atoms with Gasteiger partial charge < -0.3 is 9.84 Å². The zero-order valence-corrected chi connectivity index (χ0v) is 12.6. The number of hydrogen-bond acceptors (Lipinski definition) is 2. The first kappa shape index (κ1) is 12.5. The topological polar surface area (TPSA) is 32.8 Å². The number of benzene rings is 3. The fourth-order valence-corrected chi connectivity index (χ4v) is 3.06. The highest BCUT2D eigenvalue weighted by molar-refractivity contribution is 9.10. The SMILES string of the molecule is Oc1c(Br)c2c(c(-c3ccccc3)c1-c1ccccc1)O2. The molecule has 0 amide bonds. The van der Waals surface area contributed by atoms with Gasteiger partial charge >= 0.3 is 0 Å². The molecule has 0 aliphatic carbocycles. The maximum atomic E-state index is 10.6. The maximum absolute atomic E-state index is 10.6. The lowest BCUT2D eigenvalue weighted by molar-refractivity contribution is 0.473. The molecule has 0 saturated heterocycles. The summed E-state index contributed by atoms with van der Waals surface area (Å²) < 4.78 is 6.21. The largest absolute Gasteiger partial charge is 0.506 e. The summed E-state index contributed by atoms with van der Waals surface area (Å²) >= 11 is 3.41. The van der Waals surface area contributed by atoms with Crippen molar-refractivity contribution in [3.05, 3.63) is 65.1 Å². The summed E-state index contributed by atoms with van der Waals surface area (Å²) in [4.78, 5) is 0. The number of rotatable bonds is 2. The van der Waals surface area contributed by atoms with E-state index >= 15 is 0 Å². The van der Waals surface area contributed by atoms with E-state index in [0.717, 1.165) is 33.8 Å². The van der Waals surface area contributed by atoms with Crippen LogP contribution in [0.15, 0.2) is 65.1 Å². The number of phenolic OH excluding ortho intramolecular Hbond substituents is 1. The molecule has 0 saturated carbocycles. The first-order valence-corrected chi connectivity index (χ1v) is 7.44. The van der Waals surface area contributed by atoms with Crippen LogP contribution in [-0.4, -0.2) is 5.11 Å². The molecule has 3 heteroatoms. The number of phenols is 1. The van der Waals surface area contributed by atoms with Crippen molar-refractivity contribution in [1.29, 1.82) is 0 Å². The average molecular weight is 339 g/mol. The third-order valence-corrected chi connectivity index (χ3v) is 4.35. The highest BCUT2D eigenvalue weighted by Gasteiger charge is 2.35. The number of fused-ring (bicyclic) bond motifs is 1. The van der Waals surface area contributed by atoms with Crippen molar-refractivity contribution in [3.63, 3.8) is 0 Å². The molecule has 0 atom stereocenters. The molecule has 0 aromatic heterocycles. The molecule has 3 aromatic rings. The van der Waals surface area contributed by atoms with E-state index in [4.69, 9.17) is 4.74 Å². The summed E-state index contributed by atoms with van der Waals surface area (Å²) in [6, 6.07) is 19.9. The summed E-state index contributed by atoms with van der Waals surface area (Å²) in [7, 11) is 0. The van der Waals surface area contributed by atoms with Crippen LogP contribution in [-0.2, 0) is 0 Å². The van der Waals surface area contributed by atoms with Gasteiger partial charge in [0.1, 0.15) is 10.2 Å². The lowest BCUT2D eigenvalue weighted by Gasteiger charge is -2.11. The van der Waals surface area contributed by atoms with Gasteiger partial charge in [0, 0.05) is 11.1 Å². The van der Waals surface area contributed by atoms with Gasteiger partial charge in [0.05, 0.1) is 0 Å². The molecule has 102 valence electrons. The predicted molar refractivity (Wildman–Crippen MR) is 86.8 cm³/mol. The van der Waals surface area contributed by atoms with Gasteiger partial charge in [-0.3, -0.25) is 0 Å². The Morgan fingerprint density at radius 1 is 0.714 bits per heavy atom. The number of aromatic hydroxyl groups is 1. The molecule has 2 nitrogen and oxygen atoms in total. The van der Waals surface area contributed by atoms with Crippen LogP contribution >= 0.6 is 15.9 Å². The summed E-state index contributed by atoms with van der Waals surface area (Å²) in [6.45, 7) is 0. The number of hydrogen-bond donors (Lipinski definition) is 1. The van der Waals surface area contributed by atoms with Gasteiger partial charge in [-0.1, -0.05) is 60.7 Å². The smallest absolute Gasteiger partial charge is 0.188 e. The van der Waals surface area contributed by atoms with E-state index in [2.05, 4.69) is 15.9 Å². The summed E-state index contributed by atoms with van der Waals surface area (Å²) in [5, 5.41) is 10.6. The van der Waals surface area contributed by atoms with Gasteiger partial charge in [-0.2, -0.15) is 0 Å². The minimum Gasteiger partial charge on any atom is -0.506 e. The molecule has 0 unspecified atom stereocenters. The molecular weight excluding hydrogens is 328 g/mol. The fraction of sp³-hybridized carbons (Fsp3) is 0. The Morgan fingerprint density at radius 2 is 1.24 bits per heavy atom. The van der Waals surface area contributed by atoms with Crippen LogP contribution < -0.4 is 4.74 Å². The first-order chi connectivity index (χ1) is 10.3. The van der Waals surface area contributed by atoms with E-state index in [-0.39, 0.29) is 5.75 Å². The second kappa shape index (κ2) is 4.64. The maximum Gasteiger partial charge on any atom is 0.188 e. The highest BCUT2D eigenvalue weighted by atomic mass is 79.9. The van der Waals surface area contributed by atoms with Crippen molar-refractivity contribution in [3.8, 4) is 39.5 Å². The van der Waals surface area contributed by atoms with E-state index in [0.29, 0.717) is 4.47 Å². The van der Waals surface area contributed by atoms with Gasteiger partial charge in [-0.25, -0.2) is 0 Å². The van der Waals surface area contributed by atoms with Gasteiger partial charge in [0.15, 0.2) is 11.5 Å². The van der Waals surface area contributed by atoms with Crippen molar-refractivity contribution in [1.82, 2.24) is 0 Å². The molecule has 1 aliphatic rings. The Labute approximate surface area is 130 Å². The van der Waals surface area contributed by atoms with E-state index in [1.165, 1.54) is 0 Å². The second-order valence-corrected chi connectivity index (χ2v) is 5.70. The molecule has 21 heavy (non-hydrogen) atoms. The summed E-state index contributed by atoms with van der Waals surface area (Å²) in [6.07, 6.45) is 0. The molecule has 0 bridgehead atoms. The van der Waals surface area contributed by atoms with Crippen molar-refractivity contribution in [2.75, 3.05) is 0 Å². The monoisotopic (exact) mass is 338 g/mol. The zero-order chi connectivity index (χ0) is 14.4. The van der Waals surface area contributed by atoms with E-state index in [1.807, 2.05) is 60.7 Å². The fourth-order valence-electron chi connectivity index (χ4n) is 2.60. The third kappa shape index (κ3) is 1.93. The molecule has 1 heterocycles. The Bertz CT molecular complexity index is 827. The normalized spacial score (nSPS) is 11.7. The van der Waals surface area contributed by atoms with Gasteiger partial charge in [0.25, 0.3) is 0 Å². The standard InChI is InChI=1S/C18H11BrO2/c19-15-16(20)13(11-7-3-1-4-8-11)14(17-18(15)21-17)12-9-5-2-6-10-12/h1-10,20H. The zero-order valence-electron chi connectivity index (χ0n) is 11.0. The van der Waals surface area contributed by atoms with Crippen LogP contribution in [0.1, 0.15) is 0 Å². The van der Waals surface area contributed by atoms with Gasteiger partial charge in [-0.15, -0.1) is 0 Å². The lowest BCUT2D eigenvalue weighted by Crippen LogP contribution is -1.84. The molecule has 1 aliphatic heterocycles. The van der Waals surface area contributed by atoms with Crippen molar-refractivity contribution < 1.29 is 9.84 Å². The lowest BCUT2D eigenvalue weighted by atomic mass is 9.94. The van der Waals surface area contributed by atoms with E-state index < -0.39 is 0 Å². The Morgan fingerprint density at radius 3 is 1.81 bits per heavy atom. The van der Waals surface area contributed by atoms with Crippen LogP contribution in [0.4, 0.5) is 0 Å². The Hall–Kier alpha value is -2.26. The van der Waals surface area contributed by atoms with Crippen LogP contribution in [0, 0.1) is 0 Å². The summed E-state index contributed by atoms with van der Waals surface area (Å²) in [5.74, 6) is 1.78. The van der Waals surface area contributed by atoms with Crippen LogP contribution in [0.25, 0.3) is 22.3 Å². The highest BCUT2D eigenvalue weighted by Crippen LogP contribution is 2.63. The quantitative estimate of drug-likeness (QED) is 0.483. The average Bonchev–Trinajstić information content (AvgIpc) is 3.33. The first-order valence-electron chi connectivity index (χ1n) is 6.64. The van der Waals surface area contributed by atoms with Crippen molar-refractivity contribution in [2.24, 2.45) is 0 Å². The van der Waals surface area contributed by atoms with Crippen molar-refractivity contribution >= 4 is 15.9 Å². The molecule has 4 rings (SSSR count). The molecule has 1 N–H and O–H groups in total. The Kier molecular flexibility index (Phi) is 2.76.